The summed E-state index contributed by atoms with van der Waals surface area (Å²) < 4.78 is 12.4. The number of carboxylic acid groups (broad SMARTS) is 1. The van der Waals surface area contributed by atoms with Crippen molar-refractivity contribution in [3.63, 3.8) is 0 Å². The summed E-state index contributed by atoms with van der Waals surface area (Å²) in [5.74, 6) is -0.651. The van der Waals surface area contributed by atoms with Crippen molar-refractivity contribution in [2.75, 3.05) is 0 Å². The van der Waals surface area contributed by atoms with E-state index < -0.39 is 5.97 Å². The first kappa shape index (κ1) is 18.4. The molecule has 2 fully saturated rings. The highest BCUT2D eigenvalue weighted by Crippen LogP contribution is 2.38. The minimum Gasteiger partial charge on any atom is -0.478 e. The smallest absolute Gasteiger partial charge is 0.328 e. The van der Waals surface area contributed by atoms with Crippen molar-refractivity contribution >= 4 is 12.0 Å². The fraction of sp³-hybridized carbons (Fsp3) is 0.318. The zero-order chi connectivity index (χ0) is 18.4. The fourth-order valence-corrected chi connectivity index (χ4v) is 3.32. The summed E-state index contributed by atoms with van der Waals surface area (Å²) in [6.45, 7) is 2.17. The van der Waals surface area contributed by atoms with Crippen LogP contribution in [0.2, 0.25) is 0 Å². The zero-order valence-electron chi connectivity index (χ0n) is 14.8. The number of ether oxygens (including phenoxy) is 2. The molecular weight excluding hydrogens is 328 g/mol. The van der Waals surface area contributed by atoms with Gasteiger partial charge in [0.1, 0.15) is 6.10 Å². The van der Waals surface area contributed by atoms with Crippen LogP contribution in [0.5, 0.6) is 0 Å². The van der Waals surface area contributed by atoms with Crippen LogP contribution in [0.1, 0.15) is 18.9 Å². The SMILES string of the molecule is C[C@H]1[C@H](/C=C/c2ccccc2)O[C@@H]2C[C@H]1O[C@@H]2/C=C/C=C\C=C/C(=O)O. The molecule has 136 valence electrons. The predicted octanol–water partition coefficient (Wildman–Crippen LogP) is 4.01. The van der Waals surface area contributed by atoms with Gasteiger partial charge in [0.25, 0.3) is 0 Å². The van der Waals surface area contributed by atoms with Gasteiger partial charge in [-0.3, -0.25) is 0 Å². The van der Waals surface area contributed by atoms with Crippen LogP contribution in [0.15, 0.2) is 72.9 Å². The van der Waals surface area contributed by atoms with Gasteiger partial charge in [-0.15, -0.1) is 0 Å². The van der Waals surface area contributed by atoms with E-state index in [4.69, 9.17) is 14.6 Å². The van der Waals surface area contributed by atoms with Gasteiger partial charge in [-0.05, 0) is 5.56 Å². The topological polar surface area (TPSA) is 55.8 Å². The van der Waals surface area contributed by atoms with Crippen molar-refractivity contribution in [3.8, 4) is 0 Å². The molecule has 0 saturated carbocycles. The van der Waals surface area contributed by atoms with E-state index in [1.807, 2.05) is 30.4 Å². The summed E-state index contributed by atoms with van der Waals surface area (Å²) >= 11 is 0. The van der Waals surface area contributed by atoms with Gasteiger partial charge in [-0.1, -0.05) is 79.8 Å². The largest absolute Gasteiger partial charge is 0.478 e. The molecule has 0 aliphatic carbocycles. The second kappa shape index (κ2) is 8.79. The maximum absolute atomic E-state index is 10.4. The average molecular weight is 352 g/mol. The third kappa shape index (κ3) is 4.81. The number of allylic oxidation sites excluding steroid dienone is 4. The molecule has 1 aromatic carbocycles. The summed E-state index contributed by atoms with van der Waals surface area (Å²) in [5, 5.41) is 8.53. The van der Waals surface area contributed by atoms with Crippen molar-refractivity contribution in [2.45, 2.75) is 37.8 Å². The summed E-state index contributed by atoms with van der Waals surface area (Å²) in [5.41, 5.74) is 1.16. The molecule has 1 aromatic rings. The highest BCUT2D eigenvalue weighted by atomic mass is 16.6. The zero-order valence-corrected chi connectivity index (χ0v) is 14.8. The average Bonchev–Trinajstić information content (AvgIpc) is 2.99. The van der Waals surface area contributed by atoms with Crippen LogP contribution in [-0.2, 0) is 14.3 Å². The van der Waals surface area contributed by atoms with E-state index in [0.717, 1.165) is 18.1 Å². The lowest BCUT2D eigenvalue weighted by Gasteiger charge is -2.31. The number of benzene rings is 1. The molecule has 0 unspecified atom stereocenters. The lowest BCUT2D eigenvalue weighted by molar-refractivity contribution is -0.131. The molecule has 2 heterocycles. The second-order valence-electron chi connectivity index (χ2n) is 6.61. The van der Waals surface area contributed by atoms with Crippen LogP contribution < -0.4 is 0 Å². The Balaban J connectivity index is 1.58. The Morgan fingerprint density at radius 2 is 1.73 bits per heavy atom. The Bertz CT molecular complexity index is 717. The monoisotopic (exact) mass is 352 g/mol. The Morgan fingerprint density at radius 3 is 2.50 bits per heavy atom. The van der Waals surface area contributed by atoms with E-state index in [9.17, 15) is 4.79 Å². The first-order chi connectivity index (χ1) is 12.6. The van der Waals surface area contributed by atoms with Crippen LogP contribution in [-0.4, -0.2) is 35.5 Å². The predicted molar refractivity (Wildman–Crippen MR) is 102 cm³/mol. The Hall–Kier alpha value is -2.43. The Kier molecular flexibility index (Phi) is 6.21. The highest BCUT2D eigenvalue weighted by molar-refractivity contribution is 5.80. The van der Waals surface area contributed by atoms with E-state index in [-0.39, 0.29) is 24.4 Å². The molecule has 2 bridgehead atoms. The van der Waals surface area contributed by atoms with Crippen molar-refractivity contribution in [1.29, 1.82) is 0 Å². The lowest BCUT2D eigenvalue weighted by Crippen LogP contribution is -2.37. The molecule has 4 heteroatoms. The normalized spacial score (nSPS) is 31.7. The van der Waals surface area contributed by atoms with Crippen molar-refractivity contribution in [3.05, 3.63) is 78.4 Å². The number of aliphatic carboxylic acids is 1. The second-order valence-corrected chi connectivity index (χ2v) is 6.61. The number of rotatable bonds is 6. The lowest BCUT2D eigenvalue weighted by atomic mass is 9.91. The number of fused-ring (bicyclic) bond motifs is 2. The summed E-state index contributed by atoms with van der Waals surface area (Å²) in [4.78, 5) is 10.4. The van der Waals surface area contributed by atoms with Gasteiger partial charge >= 0.3 is 5.97 Å². The van der Waals surface area contributed by atoms with E-state index in [2.05, 4.69) is 31.2 Å². The summed E-state index contributed by atoms with van der Waals surface area (Å²) in [6.07, 6.45) is 15.3. The van der Waals surface area contributed by atoms with Crippen LogP contribution in [0.3, 0.4) is 0 Å². The van der Waals surface area contributed by atoms with Gasteiger partial charge in [0.15, 0.2) is 0 Å². The molecule has 0 amide bonds. The molecular formula is C22H24O4. The Morgan fingerprint density at radius 1 is 1.00 bits per heavy atom. The number of carbonyl (C=O) groups is 1. The van der Waals surface area contributed by atoms with Crippen LogP contribution in [0, 0.1) is 5.92 Å². The Labute approximate surface area is 154 Å². The number of hydrogen-bond acceptors (Lipinski definition) is 3. The molecule has 2 aliphatic rings. The maximum atomic E-state index is 10.4. The van der Waals surface area contributed by atoms with Crippen molar-refractivity contribution < 1.29 is 19.4 Å². The molecule has 4 nitrogen and oxygen atoms in total. The van der Waals surface area contributed by atoms with E-state index in [0.29, 0.717) is 5.92 Å². The van der Waals surface area contributed by atoms with E-state index >= 15 is 0 Å². The van der Waals surface area contributed by atoms with E-state index in [1.165, 1.54) is 6.08 Å². The number of hydrogen-bond donors (Lipinski definition) is 1. The van der Waals surface area contributed by atoms with Gasteiger partial charge < -0.3 is 14.6 Å². The third-order valence-electron chi connectivity index (χ3n) is 4.75. The van der Waals surface area contributed by atoms with Gasteiger partial charge in [-0.25, -0.2) is 4.79 Å². The molecule has 1 N–H and O–H groups in total. The maximum Gasteiger partial charge on any atom is 0.328 e. The fourth-order valence-electron chi connectivity index (χ4n) is 3.32. The van der Waals surface area contributed by atoms with E-state index in [1.54, 1.807) is 12.2 Å². The van der Waals surface area contributed by atoms with Gasteiger partial charge in [-0.2, -0.15) is 0 Å². The number of carboxylic acids is 1. The standard InChI is InChI=1S/C22H24O4/c1-16-18(14-13-17-9-5-4-6-10-17)25-21-15-20(16)26-19(21)11-7-2-3-8-12-22(23)24/h2-14,16,18-21H,15H2,1H3,(H,23,24)/b3-2-,11-7+,12-8-,14-13+/t16-,18-,19+,20+,21+/m0/s1. The van der Waals surface area contributed by atoms with Crippen molar-refractivity contribution in [2.24, 2.45) is 5.92 Å². The summed E-state index contributed by atoms with van der Waals surface area (Å²) in [6, 6.07) is 10.2. The molecule has 2 aliphatic heterocycles. The molecule has 0 spiro atoms. The third-order valence-corrected chi connectivity index (χ3v) is 4.75. The van der Waals surface area contributed by atoms with Gasteiger partial charge in [0, 0.05) is 18.4 Å². The molecule has 0 radical (unpaired) electrons. The molecule has 5 atom stereocenters. The molecule has 2 saturated heterocycles. The van der Waals surface area contributed by atoms with Crippen LogP contribution in [0.25, 0.3) is 6.08 Å². The van der Waals surface area contributed by atoms with Crippen LogP contribution in [0.4, 0.5) is 0 Å². The summed E-state index contributed by atoms with van der Waals surface area (Å²) in [7, 11) is 0. The quantitative estimate of drug-likeness (QED) is 0.621. The molecule has 26 heavy (non-hydrogen) atoms. The van der Waals surface area contributed by atoms with Crippen LogP contribution >= 0.6 is 0 Å². The first-order valence-corrected chi connectivity index (χ1v) is 8.92. The first-order valence-electron chi connectivity index (χ1n) is 8.92. The highest BCUT2D eigenvalue weighted by Gasteiger charge is 2.45. The van der Waals surface area contributed by atoms with Gasteiger partial charge in [0.05, 0.1) is 18.3 Å². The molecule has 3 rings (SSSR count). The molecule has 0 aromatic heterocycles. The minimum absolute atomic E-state index is 0.0476. The van der Waals surface area contributed by atoms with Crippen molar-refractivity contribution in [1.82, 2.24) is 0 Å². The minimum atomic E-state index is -0.955. The van der Waals surface area contributed by atoms with Gasteiger partial charge in [0.2, 0.25) is 0 Å².